The van der Waals surface area contributed by atoms with Gasteiger partial charge < -0.3 is 36.4 Å². The van der Waals surface area contributed by atoms with Crippen LogP contribution in [0.2, 0.25) is 0 Å². The van der Waals surface area contributed by atoms with Gasteiger partial charge in [0.15, 0.2) is 0 Å². The van der Waals surface area contributed by atoms with Crippen molar-refractivity contribution in [1.82, 2.24) is 20.9 Å². The first kappa shape index (κ1) is 33.1. The zero-order valence-electron chi connectivity index (χ0n) is 22.8. The second-order valence-corrected chi connectivity index (χ2v) is 9.56. The van der Waals surface area contributed by atoms with Gasteiger partial charge in [-0.05, 0) is 38.8 Å². The minimum absolute atomic E-state index is 0.129. The van der Waals surface area contributed by atoms with Gasteiger partial charge in [-0.25, -0.2) is 0 Å². The summed E-state index contributed by atoms with van der Waals surface area (Å²) in [4.78, 5) is 96.5. The summed E-state index contributed by atoms with van der Waals surface area (Å²) in [6, 6.07) is -0.0444. The van der Waals surface area contributed by atoms with Crippen molar-refractivity contribution in [3.63, 3.8) is 0 Å². The third-order valence-corrected chi connectivity index (χ3v) is 6.26. The van der Waals surface area contributed by atoms with Crippen molar-refractivity contribution in [2.24, 2.45) is 0 Å². The van der Waals surface area contributed by atoms with Crippen LogP contribution in [0, 0.1) is 10.1 Å². The van der Waals surface area contributed by atoms with Gasteiger partial charge >= 0.3 is 11.9 Å². The van der Waals surface area contributed by atoms with Crippen LogP contribution in [0.25, 0.3) is 0 Å². The fraction of sp³-hybridized carbons (Fsp3) is 0.480. The van der Waals surface area contributed by atoms with Crippen molar-refractivity contribution in [2.75, 3.05) is 11.9 Å². The minimum Gasteiger partial charge on any atom is -0.481 e. The molecule has 17 nitrogen and oxygen atoms in total. The third kappa shape index (κ3) is 9.83. The molecule has 0 radical (unpaired) electrons. The van der Waals surface area contributed by atoms with Gasteiger partial charge in [0.2, 0.25) is 29.5 Å². The first-order chi connectivity index (χ1) is 19.7. The summed E-state index contributed by atoms with van der Waals surface area (Å²) in [5.41, 5.74) is -0.0977. The molecule has 1 aromatic carbocycles. The van der Waals surface area contributed by atoms with E-state index in [-0.39, 0.29) is 30.8 Å². The molecular formula is C25H32N6O11. The molecule has 0 spiro atoms. The molecule has 0 unspecified atom stereocenters. The maximum atomic E-state index is 13.1. The molecule has 1 aliphatic heterocycles. The molecule has 0 aromatic heterocycles. The molecule has 6 N–H and O–H groups in total. The van der Waals surface area contributed by atoms with Crippen LogP contribution in [-0.2, 0) is 33.6 Å². The third-order valence-electron chi connectivity index (χ3n) is 6.26. The van der Waals surface area contributed by atoms with E-state index < -0.39 is 83.4 Å². The van der Waals surface area contributed by atoms with E-state index in [1.54, 1.807) is 0 Å². The van der Waals surface area contributed by atoms with Gasteiger partial charge in [-0.3, -0.25) is 43.7 Å². The van der Waals surface area contributed by atoms with Gasteiger partial charge in [0.05, 0.1) is 17.8 Å². The summed E-state index contributed by atoms with van der Waals surface area (Å²) in [6.45, 7) is 2.87. The van der Waals surface area contributed by atoms with Gasteiger partial charge in [0.1, 0.15) is 24.2 Å². The number of likely N-dealkylation sites (tertiary alicyclic amines) is 1. The quantitative estimate of drug-likeness (QED) is 0.117. The zero-order chi connectivity index (χ0) is 31.6. The molecule has 5 amide bonds. The molecule has 4 atom stereocenters. The van der Waals surface area contributed by atoms with Crippen LogP contribution < -0.4 is 21.3 Å². The maximum absolute atomic E-state index is 13.1. The molecule has 1 aromatic rings. The molecule has 0 saturated carbocycles. The van der Waals surface area contributed by atoms with E-state index in [4.69, 9.17) is 5.11 Å². The van der Waals surface area contributed by atoms with Crippen molar-refractivity contribution in [1.29, 1.82) is 0 Å². The Morgan fingerprint density at radius 1 is 0.929 bits per heavy atom. The Morgan fingerprint density at radius 2 is 1.57 bits per heavy atom. The SMILES string of the molecule is C[C@H](NC(=O)CCC(=O)O)C(=O)N[C@@H](C)C(=O)N1CCC[C@H]1C(=O)N[C@@H](CC(=O)O)C(=O)Nc1ccc([N+](=O)[O-])cc1. The number of carbonyl (C=O) groups excluding carboxylic acids is 5. The van der Waals surface area contributed by atoms with Gasteiger partial charge in [0, 0.05) is 30.8 Å². The average molecular weight is 593 g/mol. The summed E-state index contributed by atoms with van der Waals surface area (Å²) in [6.07, 6.45) is -0.912. The number of carboxylic acids is 2. The number of nitrogens with one attached hydrogen (secondary N) is 4. The molecule has 0 bridgehead atoms. The van der Waals surface area contributed by atoms with E-state index in [9.17, 15) is 48.8 Å². The molecule has 1 heterocycles. The predicted molar refractivity (Wildman–Crippen MR) is 143 cm³/mol. The zero-order valence-corrected chi connectivity index (χ0v) is 22.8. The Bertz CT molecular complexity index is 1240. The first-order valence-corrected chi connectivity index (χ1v) is 12.9. The van der Waals surface area contributed by atoms with Crippen molar-refractivity contribution in [2.45, 2.75) is 70.1 Å². The highest BCUT2D eigenvalue weighted by molar-refractivity contribution is 6.00. The van der Waals surface area contributed by atoms with Crippen molar-refractivity contribution in [3.05, 3.63) is 34.4 Å². The van der Waals surface area contributed by atoms with Gasteiger partial charge in [-0.2, -0.15) is 0 Å². The molecule has 1 fully saturated rings. The predicted octanol–water partition coefficient (Wildman–Crippen LogP) is -0.642. The Labute approximate surface area is 239 Å². The second kappa shape index (κ2) is 15.1. The molecule has 228 valence electrons. The fourth-order valence-corrected chi connectivity index (χ4v) is 4.10. The standard InChI is InChI=1S/C25H32N6O11/c1-13(26-19(32)9-10-20(33)34)22(37)27-14(2)25(40)30-11-3-4-18(30)24(39)29-17(12-21(35)36)23(38)28-15-5-7-16(8-6-15)31(41)42/h5-8,13-14,17-18H,3-4,9-12H2,1-2H3,(H,26,32)(H,27,37)(H,28,38)(H,29,39)(H,33,34)(H,35,36)/t13-,14-,17-,18-/m0/s1. The number of carbonyl (C=O) groups is 7. The van der Waals surface area contributed by atoms with Crippen LogP contribution >= 0.6 is 0 Å². The van der Waals surface area contributed by atoms with E-state index in [0.717, 1.165) is 12.1 Å². The largest absolute Gasteiger partial charge is 0.481 e. The molecular weight excluding hydrogens is 560 g/mol. The number of hydrogen-bond donors (Lipinski definition) is 6. The highest BCUT2D eigenvalue weighted by Crippen LogP contribution is 2.20. The van der Waals surface area contributed by atoms with E-state index in [1.165, 1.54) is 30.9 Å². The number of amides is 5. The van der Waals surface area contributed by atoms with Crippen LogP contribution in [0.1, 0.15) is 46.0 Å². The smallest absolute Gasteiger partial charge is 0.305 e. The summed E-state index contributed by atoms with van der Waals surface area (Å²) in [5, 5.41) is 38.2. The number of nitrogens with zero attached hydrogens (tertiary/aromatic N) is 2. The van der Waals surface area contributed by atoms with E-state index in [1.807, 2.05) is 0 Å². The fourth-order valence-electron chi connectivity index (χ4n) is 4.10. The van der Waals surface area contributed by atoms with Crippen LogP contribution in [0.4, 0.5) is 11.4 Å². The van der Waals surface area contributed by atoms with Crippen LogP contribution in [0.5, 0.6) is 0 Å². The Kier molecular flexibility index (Phi) is 11.9. The Morgan fingerprint density at radius 3 is 2.14 bits per heavy atom. The highest BCUT2D eigenvalue weighted by atomic mass is 16.6. The Balaban J connectivity index is 2.01. The molecule has 1 aliphatic rings. The number of hydrogen-bond acceptors (Lipinski definition) is 9. The van der Waals surface area contributed by atoms with Crippen molar-refractivity contribution in [3.8, 4) is 0 Å². The van der Waals surface area contributed by atoms with Crippen molar-refractivity contribution < 1.29 is 48.7 Å². The lowest BCUT2D eigenvalue weighted by atomic mass is 10.1. The molecule has 17 heteroatoms. The molecule has 1 saturated heterocycles. The van der Waals surface area contributed by atoms with Crippen molar-refractivity contribution >= 4 is 52.8 Å². The lowest BCUT2D eigenvalue weighted by Gasteiger charge is -2.29. The average Bonchev–Trinajstić information content (AvgIpc) is 3.41. The summed E-state index contributed by atoms with van der Waals surface area (Å²) < 4.78 is 0. The van der Waals surface area contributed by atoms with Gasteiger partial charge in [-0.15, -0.1) is 0 Å². The topological polar surface area (TPSA) is 254 Å². The normalized spacial score (nSPS) is 16.3. The maximum Gasteiger partial charge on any atom is 0.305 e. The number of carboxylic acid groups (broad SMARTS) is 2. The second-order valence-electron chi connectivity index (χ2n) is 9.56. The number of nitro groups is 1. The monoisotopic (exact) mass is 592 g/mol. The van der Waals surface area contributed by atoms with Crippen LogP contribution in [-0.4, -0.2) is 92.2 Å². The number of aliphatic carboxylic acids is 2. The lowest BCUT2D eigenvalue weighted by molar-refractivity contribution is -0.384. The number of rotatable bonds is 14. The molecule has 2 rings (SSSR count). The lowest BCUT2D eigenvalue weighted by Crippen LogP contribution is -2.56. The molecule has 42 heavy (non-hydrogen) atoms. The first-order valence-electron chi connectivity index (χ1n) is 12.9. The number of nitro benzene ring substituents is 1. The number of benzene rings is 1. The summed E-state index contributed by atoms with van der Waals surface area (Å²) in [7, 11) is 0. The summed E-state index contributed by atoms with van der Waals surface area (Å²) >= 11 is 0. The van der Waals surface area contributed by atoms with Crippen LogP contribution in [0.3, 0.4) is 0 Å². The van der Waals surface area contributed by atoms with E-state index in [2.05, 4.69) is 21.3 Å². The van der Waals surface area contributed by atoms with E-state index >= 15 is 0 Å². The highest BCUT2D eigenvalue weighted by Gasteiger charge is 2.38. The van der Waals surface area contributed by atoms with Crippen LogP contribution in [0.15, 0.2) is 24.3 Å². The Hall–Kier alpha value is -5.09. The van der Waals surface area contributed by atoms with Gasteiger partial charge in [0.25, 0.3) is 5.69 Å². The minimum atomic E-state index is -1.54. The number of anilines is 1. The summed E-state index contributed by atoms with van der Waals surface area (Å²) in [5.74, 6) is -6.26. The van der Waals surface area contributed by atoms with E-state index in [0.29, 0.717) is 6.42 Å². The molecule has 0 aliphatic carbocycles. The number of non-ortho nitro benzene ring substituents is 1. The van der Waals surface area contributed by atoms with Gasteiger partial charge in [-0.1, -0.05) is 0 Å².